The smallest absolute Gasteiger partial charge is 0.335 e. The normalized spacial score (nSPS) is 10.8. The second-order valence-corrected chi connectivity index (χ2v) is 4.29. The number of carbonyl (C=O) groups is 1. The van der Waals surface area contributed by atoms with Crippen LogP contribution < -0.4 is 5.43 Å². The van der Waals surface area contributed by atoms with Gasteiger partial charge >= 0.3 is 5.97 Å². The molecule has 0 spiro atoms. The number of aromatic carboxylic acids is 1. The number of hydrazone groups is 1. The van der Waals surface area contributed by atoms with Crippen LogP contribution in [0.3, 0.4) is 0 Å². The molecule has 0 fully saturated rings. The Morgan fingerprint density at radius 1 is 1.32 bits per heavy atom. The van der Waals surface area contributed by atoms with E-state index < -0.39 is 5.97 Å². The Hall–Kier alpha value is -2.56. The van der Waals surface area contributed by atoms with Crippen LogP contribution in [0.25, 0.3) is 0 Å². The van der Waals surface area contributed by atoms with Gasteiger partial charge in [-0.2, -0.15) is 5.10 Å². The van der Waals surface area contributed by atoms with Gasteiger partial charge in [0.15, 0.2) is 0 Å². The lowest BCUT2D eigenvalue weighted by molar-refractivity contribution is 0.0697. The molecule has 5 heteroatoms. The van der Waals surface area contributed by atoms with E-state index in [9.17, 15) is 4.79 Å². The molecule has 5 nitrogen and oxygen atoms in total. The van der Waals surface area contributed by atoms with Crippen molar-refractivity contribution < 1.29 is 9.90 Å². The third kappa shape index (κ3) is 3.22. The van der Waals surface area contributed by atoms with Gasteiger partial charge in [0, 0.05) is 17.0 Å². The molecule has 0 saturated carbocycles. The summed E-state index contributed by atoms with van der Waals surface area (Å²) in [4.78, 5) is 13.9. The van der Waals surface area contributed by atoms with Crippen LogP contribution in [0.15, 0.2) is 35.4 Å². The molecule has 19 heavy (non-hydrogen) atoms. The number of anilines is 1. The van der Waals surface area contributed by atoms with Gasteiger partial charge in [-0.1, -0.05) is 0 Å². The quantitative estimate of drug-likeness (QED) is 0.582. The Bertz CT molecular complexity index is 612. The molecule has 1 heterocycles. The van der Waals surface area contributed by atoms with Gasteiger partial charge in [-0.3, -0.25) is 5.43 Å². The van der Waals surface area contributed by atoms with Crippen molar-refractivity contribution in [3.8, 4) is 0 Å². The second kappa shape index (κ2) is 5.39. The molecule has 0 aliphatic rings. The lowest BCUT2D eigenvalue weighted by Crippen LogP contribution is -1.96. The van der Waals surface area contributed by atoms with Crippen LogP contribution in [-0.2, 0) is 0 Å². The highest BCUT2D eigenvalue weighted by Crippen LogP contribution is 2.10. The number of hydrogen-bond donors (Lipinski definition) is 3. The van der Waals surface area contributed by atoms with E-state index in [2.05, 4.69) is 15.5 Å². The molecule has 98 valence electrons. The molecule has 0 radical (unpaired) electrons. The van der Waals surface area contributed by atoms with Crippen LogP contribution in [-0.4, -0.2) is 22.3 Å². The van der Waals surface area contributed by atoms with Gasteiger partial charge in [-0.25, -0.2) is 4.79 Å². The number of H-pyrrole nitrogens is 1. The number of aryl methyl sites for hydroxylation is 2. The first kappa shape index (κ1) is 12.9. The summed E-state index contributed by atoms with van der Waals surface area (Å²) >= 11 is 0. The van der Waals surface area contributed by atoms with Gasteiger partial charge in [0.25, 0.3) is 0 Å². The minimum absolute atomic E-state index is 0.256. The predicted octanol–water partition coefficient (Wildman–Crippen LogP) is 2.78. The highest BCUT2D eigenvalue weighted by Gasteiger charge is 2.01. The molecule has 2 aromatic rings. The number of aromatic nitrogens is 1. The molecule has 0 aliphatic heterocycles. The first-order valence-corrected chi connectivity index (χ1v) is 5.85. The standard InChI is InChI=1S/C14H15N3O2/c1-9-7-12(10(2)16-9)8-15-17-13-5-3-11(4-6-13)14(18)19/h3-8,16-17H,1-2H3,(H,18,19)/b15-8+. The number of benzene rings is 1. The maximum Gasteiger partial charge on any atom is 0.335 e. The molecule has 2 rings (SSSR count). The predicted molar refractivity (Wildman–Crippen MR) is 74.9 cm³/mol. The van der Waals surface area contributed by atoms with Crippen molar-refractivity contribution >= 4 is 17.9 Å². The van der Waals surface area contributed by atoms with Gasteiger partial charge < -0.3 is 10.1 Å². The van der Waals surface area contributed by atoms with E-state index in [1.54, 1.807) is 18.3 Å². The summed E-state index contributed by atoms with van der Waals surface area (Å²) in [6.07, 6.45) is 1.73. The summed E-state index contributed by atoms with van der Waals surface area (Å²) in [5.41, 5.74) is 7.02. The van der Waals surface area contributed by atoms with Crippen molar-refractivity contribution in [1.29, 1.82) is 0 Å². The van der Waals surface area contributed by atoms with Crippen LogP contribution in [0.1, 0.15) is 27.3 Å². The zero-order valence-corrected chi connectivity index (χ0v) is 10.8. The van der Waals surface area contributed by atoms with E-state index in [-0.39, 0.29) is 5.56 Å². The fourth-order valence-corrected chi connectivity index (χ4v) is 1.74. The fraction of sp³-hybridized carbons (Fsp3) is 0.143. The van der Waals surface area contributed by atoms with E-state index in [0.717, 1.165) is 22.6 Å². The summed E-state index contributed by atoms with van der Waals surface area (Å²) in [6.45, 7) is 3.97. The largest absolute Gasteiger partial charge is 0.478 e. The number of nitrogens with zero attached hydrogens (tertiary/aromatic N) is 1. The van der Waals surface area contributed by atoms with E-state index in [0.29, 0.717) is 0 Å². The molecule has 0 amide bonds. The average molecular weight is 257 g/mol. The number of hydrogen-bond acceptors (Lipinski definition) is 3. The minimum atomic E-state index is -0.937. The summed E-state index contributed by atoms with van der Waals surface area (Å²) in [5.74, 6) is -0.937. The molecular formula is C14H15N3O2. The van der Waals surface area contributed by atoms with Crippen molar-refractivity contribution in [2.24, 2.45) is 5.10 Å². The van der Waals surface area contributed by atoms with Gasteiger partial charge in [0.05, 0.1) is 17.5 Å². The van der Waals surface area contributed by atoms with Gasteiger partial charge in [-0.05, 0) is 44.2 Å². The number of carboxylic acids is 1. The summed E-state index contributed by atoms with van der Waals surface area (Å²) in [6, 6.07) is 8.43. The zero-order chi connectivity index (χ0) is 13.8. The Labute approximate surface area is 111 Å². The molecule has 0 bridgehead atoms. The second-order valence-electron chi connectivity index (χ2n) is 4.29. The van der Waals surface area contributed by atoms with Crippen LogP contribution >= 0.6 is 0 Å². The lowest BCUT2D eigenvalue weighted by Gasteiger charge is -2.00. The molecule has 0 unspecified atom stereocenters. The average Bonchev–Trinajstić information content (AvgIpc) is 2.68. The lowest BCUT2D eigenvalue weighted by atomic mass is 10.2. The minimum Gasteiger partial charge on any atom is -0.478 e. The molecular weight excluding hydrogens is 242 g/mol. The van der Waals surface area contributed by atoms with Crippen molar-refractivity contribution in [1.82, 2.24) is 4.98 Å². The Kier molecular flexibility index (Phi) is 3.66. The molecule has 1 aromatic heterocycles. The van der Waals surface area contributed by atoms with Crippen molar-refractivity contribution in [3.63, 3.8) is 0 Å². The number of nitrogens with one attached hydrogen (secondary N) is 2. The summed E-state index contributed by atoms with van der Waals surface area (Å²) in [7, 11) is 0. The molecule has 1 aromatic carbocycles. The monoisotopic (exact) mass is 257 g/mol. The highest BCUT2D eigenvalue weighted by atomic mass is 16.4. The third-order valence-electron chi connectivity index (χ3n) is 2.72. The van der Waals surface area contributed by atoms with Crippen molar-refractivity contribution in [2.45, 2.75) is 13.8 Å². The number of aromatic amines is 1. The van der Waals surface area contributed by atoms with E-state index >= 15 is 0 Å². The van der Waals surface area contributed by atoms with Gasteiger partial charge in [0.1, 0.15) is 0 Å². The van der Waals surface area contributed by atoms with Crippen molar-refractivity contribution in [3.05, 3.63) is 52.8 Å². The third-order valence-corrected chi connectivity index (χ3v) is 2.72. The fourth-order valence-electron chi connectivity index (χ4n) is 1.74. The Balaban J connectivity index is 2.02. The zero-order valence-electron chi connectivity index (χ0n) is 10.8. The first-order chi connectivity index (χ1) is 9.06. The van der Waals surface area contributed by atoms with Crippen LogP contribution in [0.4, 0.5) is 5.69 Å². The molecule has 3 N–H and O–H groups in total. The SMILES string of the molecule is Cc1cc(/C=N/Nc2ccc(C(=O)O)cc2)c(C)[nH]1. The molecule has 0 atom stereocenters. The van der Waals surface area contributed by atoms with Gasteiger partial charge in [-0.15, -0.1) is 0 Å². The summed E-state index contributed by atoms with van der Waals surface area (Å²) < 4.78 is 0. The van der Waals surface area contributed by atoms with Crippen LogP contribution in [0.5, 0.6) is 0 Å². The van der Waals surface area contributed by atoms with Crippen LogP contribution in [0, 0.1) is 13.8 Å². The summed E-state index contributed by atoms with van der Waals surface area (Å²) in [5, 5.41) is 12.9. The van der Waals surface area contributed by atoms with E-state index in [4.69, 9.17) is 5.11 Å². The maximum absolute atomic E-state index is 10.7. The number of rotatable bonds is 4. The van der Waals surface area contributed by atoms with E-state index in [1.807, 2.05) is 19.9 Å². The molecule has 0 saturated heterocycles. The maximum atomic E-state index is 10.7. The highest BCUT2D eigenvalue weighted by molar-refractivity contribution is 5.88. The molecule has 0 aliphatic carbocycles. The van der Waals surface area contributed by atoms with Crippen molar-refractivity contribution in [2.75, 3.05) is 5.43 Å². The number of carboxylic acid groups (broad SMARTS) is 1. The first-order valence-electron chi connectivity index (χ1n) is 5.85. The topological polar surface area (TPSA) is 77.5 Å². The van der Waals surface area contributed by atoms with E-state index in [1.165, 1.54) is 12.1 Å². The van der Waals surface area contributed by atoms with Crippen LogP contribution in [0.2, 0.25) is 0 Å². The Morgan fingerprint density at radius 2 is 2.00 bits per heavy atom. The van der Waals surface area contributed by atoms with Gasteiger partial charge in [0.2, 0.25) is 0 Å². The Morgan fingerprint density at radius 3 is 2.53 bits per heavy atom.